The zero-order valence-electron chi connectivity index (χ0n) is 17.7. The molecule has 0 aliphatic rings. The lowest BCUT2D eigenvalue weighted by Gasteiger charge is -2.10. The number of alkyl halides is 2. The number of anilines is 1. The van der Waals surface area contributed by atoms with Crippen molar-refractivity contribution in [3.05, 3.63) is 44.9 Å². The number of pyridine rings is 1. The molecule has 2 amide bonds. The number of amides is 2. The predicted octanol–water partition coefficient (Wildman–Crippen LogP) is 4.27. The Bertz CT molecular complexity index is 1410. The fourth-order valence-corrected chi connectivity index (χ4v) is 5.12. The number of halogens is 3. The number of rotatable bonds is 6. The number of fused-ring (bicyclic) bond motifs is 1. The summed E-state index contributed by atoms with van der Waals surface area (Å²) in [6, 6.07) is 1.25. The summed E-state index contributed by atoms with van der Waals surface area (Å²) in [6.07, 6.45) is 0.321. The molecule has 0 aromatic carbocycles. The van der Waals surface area contributed by atoms with E-state index >= 15 is 0 Å². The number of aromatic nitrogens is 5. The van der Waals surface area contributed by atoms with Crippen molar-refractivity contribution in [1.29, 1.82) is 0 Å². The Morgan fingerprint density at radius 3 is 2.61 bits per heavy atom. The van der Waals surface area contributed by atoms with Crippen molar-refractivity contribution >= 4 is 55.0 Å². The Kier molecular flexibility index (Phi) is 6.01. The van der Waals surface area contributed by atoms with Crippen LogP contribution in [0, 0.1) is 6.92 Å². The van der Waals surface area contributed by atoms with Gasteiger partial charge < -0.3 is 11.1 Å². The fraction of sp³-hybridized carbons (Fsp3) is 0.250. The normalized spacial score (nSPS) is 11.5. The second kappa shape index (κ2) is 8.63. The molecular formula is C20H18BrF2N7O2S. The highest BCUT2D eigenvalue weighted by Gasteiger charge is 2.27. The maximum Gasteiger partial charge on any atom is 0.280 e. The molecule has 4 heterocycles. The van der Waals surface area contributed by atoms with E-state index in [-0.39, 0.29) is 21.1 Å². The maximum absolute atomic E-state index is 13.7. The number of nitrogens with one attached hydrogen (secondary N) is 1. The van der Waals surface area contributed by atoms with Gasteiger partial charge in [-0.3, -0.25) is 19.0 Å². The lowest BCUT2D eigenvalue weighted by Crippen LogP contribution is -2.17. The van der Waals surface area contributed by atoms with Crippen molar-refractivity contribution in [2.75, 3.05) is 5.32 Å². The molecule has 0 aliphatic heterocycles. The number of hydrogen-bond acceptors (Lipinski definition) is 6. The molecule has 0 atom stereocenters. The first-order valence-corrected chi connectivity index (χ1v) is 11.3. The van der Waals surface area contributed by atoms with E-state index in [4.69, 9.17) is 5.73 Å². The van der Waals surface area contributed by atoms with Crippen LogP contribution in [0.4, 0.5) is 14.5 Å². The van der Waals surface area contributed by atoms with Gasteiger partial charge >= 0.3 is 0 Å². The molecule has 4 aromatic rings. The Morgan fingerprint density at radius 2 is 2.06 bits per heavy atom. The lowest BCUT2D eigenvalue weighted by molar-refractivity contribution is 0.100. The molecule has 0 saturated heterocycles. The van der Waals surface area contributed by atoms with Crippen molar-refractivity contribution in [1.82, 2.24) is 24.5 Å². The molecule has 0 radical (unpaired) electrons. The molecule has 3 N–H and O–H groups in total. The van der Waals surface area contributed by atoms with Gasteiger partial charge in [-0.1, -0.05) is 0 Å². The van der Waals surface area contributed by atoms with Crippen LogP contribution < -0.4 is 11.1 Å². The molecular weight excluding hydrogens is 520 g/mol. The van der Waals surface area contributed by atoms with E-state index in [1.54, 1.807) is 24.1 Å². The van der Waals surface area contributed by atoms with E-state index in [0.29, 0.717) is 27.5 Å². The fourth-order valence-electron chi connectivity index (χ4n) is 3.55. The molecule has 33 heavy (non-hydrogen) atoms. The van der Waals surface area contributed by atoms with Gasteiger partial charge in [0.05, 0.1) is 16.4 Å². The van der Waals surface area contributed by atoms with Crippen LogP contribution in [0.1, 0.15) is 44.9 Å². The van der Waals surface area contributed by atoms with E-state index in [1.165, 1.54) is 10.7 Å². The molecule has 13 heteroatoms. The van der Waals surface area contributed by atoms with Crippen molar-refractivity contribution in [2.24, 2.45) is 12.8 Å². The predicted molar refractivity (Wildman–Crippen MR) is 124 cm³/mol. The first-order valence-electron chi connectivity index (χ1n) is 9.71. The van der Waals surface area contributed by atoms with Crippen molar-refractivity contribution < 1.29 is 18.4 Å². The summed E-state index contributed by atoms with van der Waals surface area (Å²) in [5.41, 5.74) is 6.97. The van der Waals surface area contributed by atoms with Crippen LogP contribution >= 0.6 is 27.3 Å². The Labute approximate surface area is 198 Å². The molecule has 0 fully saturated rings. The SMILES string of the molecule is CCn1ncc(-c2cc(C(F)F)nc3sc(C(N)=O)c(NC(=O)c4nn(C)cc4Br)c23)c1C. The van der Waals surface area contributed by atoms with Gasteiger partial charge in [-0.15, -0.1) is 11.3 Å². The van der Waals surface area contributed by atoms with Gasteiger partial charge in [0.15, 0.2) is 5.69 Å². The van der Waals surface area contributed by atoms with Crippen LogP contribution in [0.2, 0.25) is 0 Å². The Hall–Kier alpha value is -3.19. The van der Waals surface area contributed by atoms with Gasteiger partial charge in [0.1, 0.15) is 15.4 Å². The molecule has 4 aromatic heterocycles. The van der Waals surface area contributed by atoms with Crippen LogP contribution in [0.25, 0.3) is 21.3 Å². The minimum Gasteiger partial charge on any atom is -0.365 e. The van der Waals surface area contributed by atoms with Gasteiger partial charge in [-0.2, -0.15) is 10.2 Å². The number of primary amides is 1. The molecule has 0 aliphatic carbocycles. The van der Waals surface area contributed by atoms with Crippen molar-refractivity contribution in [3.63, 3.8) is 0 Å². The summed E-state index contributed by atoms with van der Waals surface area (Å²) in [5.74, 6) is -1.42. The first kappa shape index (κ1) is 23.0. The van der Waals surface area contributed by atoms with Crippen LogP contribution in [0.3, 0.4) is 0 Å². The van der Waals surface area contributed by atoms with Gasteiger partial charge in [0.25, 0.3) is 18.2 Å². The van der Waals surface area contributed by atoms with Gasteiger partial charge in [0, 0.05) is 36.4 Å². The third-order valence-electron chi connectivity index (χ3n) is 5.06. The average Bonchev–Trinajstić information content (AvgIpc) is 3.41. The Morgan fingerprint density at radius 1 is 1.33 bits per heavy atom. The standard InChI is InChI=1S/C20H18BrF2N7O2S/c1-4-30-8(2)10(6-25-30)9-5-12(17(22)23)26-20-13(9)15(16(33-20)18(24)31)27-19(32)14-11(21)7-29(3)28-14/h5-7,17H,4H2,1-3H3,(H2,24,31)(H,27,32). The number of aryl methyl sites for hydroxylation is 2. The molecule has 0 bridgehead atoms. The summed E-state index contributed by atoms with van der Waals surface area (Å²) in [5, 5.41) is 11.4. The largest absolute Gasteiger partial charge is 0.365 e. The monoisotopic (exact) mass is 537 g/mol. The van der Waals surface area contributed by atoms with Gasteiger partial charge in [-0.25, -0.2) is 13.8 Å². The molecule has 0 saturated carbocycles. The highest BCUT2D eigenvalue weighted by Crippen LogP contribution is 2.43. The minimum atomic E-state index is -2.84. The van der Waals surface area contributed by atoms with Crippen molar-refractivity contribution in [3.8, 4) is 11.1 Å². The molecule has 9 nitrogen and oxygen atoms in total. The number of nitrogens with zero attached hydrogens (tertiary/aromatic N) is 5. The molecule has 0 spiro atoms. The van der Waals surface area contributed by atoms with E-state index in [9.17, 15) is 18.4 Å². The third-order valence-corrected chi connectivity index (χ3v) is 6.74. The summed E-state index contributed by atoms with van der Waals surface area (Å²) in [7, 11) is 1.65. The van der Waals surface area contributed by atoms with Crippen LogP contribution in [0.15, 0.2) is 22.9 Å². The zero-order valence-corrected chi connectivity index (χ0v) is 20.1. The topological polar surface area (TPSA) is 121 Å². The maximum atomic E-state index is 13.7. The average molecular weight is 538 g/mol. The van der Waals surface area contributed by atoms with Crippen molar-refractivity contribution in [2.45, 2.75) is 26.8 Å². The second-order valence-electron chi connectivity index (χ2n) is 7.16. The number of carbonyl (C=O) groups is 2. The second-order valence-corrected chi connectivity index (χ2v) is 9.01. The van der Waals surface area contributed by atoms with E-state index < -0.39 is 23.9 Å². The minimum absolute atomic E-state index is 0.00823. The van der Waals surface area contributed by atoms with Gasteiger partial charge in [-0.05, 0) is 41.4 Å². The van der Waals surface area contributed by atoms with Crippen LogP contribution in [0.5, 0.6) is 0 Å². The zero-order chi connectivity index (χ0) is 24.0. The number of thiophene rings is 1. The number of hydrogen-bond donors (Lipinski definition) is 2. The highest BCUT2D eigenvalue weighted by molar-refractivity contribution is 9.10. The van der Waals surface area contributed by atoms with E-state index in [0.717, 1.165) is 17.0 Å². The van der Waals surface area contributed by atoms with Crippen LogP contribution in [-0.2, 0) is 13.6 Å². The third kappa shape index (κ3) is 4.02. The van der Waals surface area contributed by atoms with Crippen LogP contribution in [-0.4, -0.2) is 36.4 Å². The van der Waals surface area contributed by atoms with E-state index in [1.807, 2.05) is 13.8 Å². The number of carbonyl (C=O) groups excluding carboxylic acids is 2. The quantitative estimate of drug-likeness (QED) is 0.380. The molecule has 4 rings (SSSR count). The van der Waals surface area contributed by atoms with E-state index in [2.05, 4.69) is 36.4 Å². The smallest absolute Gasteiger partial charge is 0.280 e. The Balaban J connectivity index is 1.99. The summed E-state index contributed by atoms with van der Waals surface area (Å²) < 4.78 is 30.9. The highest BCUT2D eigenvalue weighted by atomic mass is 79.9. The number of nitrogens with two attached hydrogens (primary N) is 1. The first-order chi connectivity index (χ1) is 15.6. The van der Waals surface area contributed by atoms with Gasteiger partial charge in [0.2, 0.25) is 0 Å². The summed E-state index contributed by atoms with van der Waals surface area (Å²) >= 11 is 4.12. The lowest BCUT2D eigenvalue weighted by atomic mass is 10.0. The summed E-state index contributed by atoms with van der Waals surface area (Å²) in [4.78, 5) is 29.4. The molecule has 172 valence electrons. The summed E-state index contributed by atoms with van der Waals surface area (Å²) in [6.45, 7) is 4.29. The molecule has 0 unspecified atom stereocenters.